The van der Waals surface area contributed by atoms with E-state index in [1.54, 1.807) is 30.9 Å². The summed E-state index contributed by atoms with van der Waals surface area (Å²) in [5.41, 5.74) is 0.205. The minimum absolute atomic E-state index is 0.0423. The molecule has 1 aromatic heterocycles. The fraction of sp³-hybridized carbons (Fsp3) is 0.500. The number of halogens is 2. The number of thiazole rings is 1. The molecule has 1 aliphatic rings. The maximum Gasteiger partial charge on any atom is 0.319 e. The molecule has 0 N–H and O–H groups in total. The van der Waals surface area contributed by atoms with Crippen LogP contribution >= 0.6 is 11.3 Å². The number of hydrogen-bond donors (Lipinski definition) is 0. The van der Waals surface area contributed by atoms with Gasteiger partial charge >= 0.3 is 6.03 Å². The second kappa shape index (κ2) is 6.51. The maximum absolute atomic E-state index is 13.9. The van der Waals surface area contributed by atoms with Gasteiger partial charge in [-0.2, -0.15) is 0 Å². The van der Waals surface area contributed by atoms with E-state index in [1.165, 1.54) is 17.4 Å². The van der Waals surface area contributed by atoms with E-state index in [1.807, 2.05) is 0 Å². The lowest BCUT2D eigenvalue weighted by molar-refractivity contribution is 0.157. The van der Waals surface area contributed by atoms with Crippen molar-refractivity contribution in [2.75, 3.05) is 39.1 Å². The minimum Gasteiger partial charge on any atom is -0.346 e. The van der Waals surface area contributed by atoms with E-state index in [2.05, 4.69) is 9.88 Å². The summed E-state index contributed by atoms with van der Waals surface area (Å²) < 4.78 is 27.7. The van der Waals surface area contributed by atoms with Crippen molar-refractivity contribution in [2.24, 2.45) is 0 Å². The second-order valence-corrected chi connectivity index (χ2v) is 7.27. The Hall–Kier alpha value is -1.96. The number of amides is 2. The molecule has 130 valence electrons. The molecule has 2 amide bonds. The van der Waals surface area contributed by atoms with Gasteiger partial charge in [0.15, 0.2) is 10.9 Å². The number of anilines is 1. The zero-order chi connectivity index (χ0) is 17.4. The van der Waals surface area contributed by atoms with Crippen molar-refractivity contribution in [2.45, 2.75) is 18.9 Å². The van der Waals surface area contributed by atoms with Gasteiger partial charge in [0.2, 0.25) is 0 Å². The molecule has 1 unspecified atom stereocenters. The van der Waals surface area contributed by atoms with E-state index in [0.29, 0.717) is 16.4 Å². The average molecular weight is 354 g/mol. The molecule has 3 rings (SSSR count). The standard InChI is InChI=1S/C16H20F2N4OS/c1-20(2)16(23)21(3)11-5-4-6-22(9-11)15-19-14-12(18)7-10(17)8-13(14)24-15/h7-8,11H,4-6,9H2,1-3H3. The number of nitrogens with zero attached hydrogens (tertiary/aromatic N) is 4. The first kappa shape index (κ1) is 16.9. The smallest absolute Gasteiger partial charge is 0.319 e. The second-order valence-electron chi connectivity index (χ2n) is 6.26. The molecule has 0 spiro atoms. The van der Waals surface area contributed by atoms with E-state index in [-0.39, 0.29) is 17.6 Å². The van der Waals surface area contributed by atoms with Gasteiger partial charge in [-0.15, -0.1) is 0 Å². The Morgan fingerprint density at radius 1 is 1.33 bits per heavy atom. The number of likely N-dealkylation sites (N-methyl/N-ethyl adjacent to an activating group) is 1. The van der Waals surface area contributed by atoms with Crippen LogP contribution in [0.1, 0.15) is 12.8 Å². The van der Waals surface area contributed by atoms with E-state index in [0.717, 1.165) is 25.5 Å². The molecule has 0 saturated carbocycles. The Morgan fingerprint density at radius 3 is 2.79 bits per heavy atom. The van der Waals surface area contributed by atoms with Gasteiger partial charge in [-0.05, 0) is 18.9 Å². The Morgan fingerprint density at radius 2 is 2.08 bits per heavy atom. The number of carbonyl (C=O) groups excluding carboxylic acids is 1. The summed E-state index contributed by atoms with van der Waals surface area (Å²) in [6, 6.07) is 2.19. The van der Waals surface area contributed by atoms with Gasteiger partial charge < -0.3 is 14.7 Å². The predicted octanol–water partition coefficient (Wildman–Crippen LogP) is 3.16. The number of fused-ring (bicyclic) bond motifs is 1. The first-order valence-corrected chi connectivity index (χ1v) is 8.63. The average Bonchev–Trinajstić information content (AvgIpc) is 2.97. The van der Waals surface area contributed by atoms with Gasteiger partial charge in [-0.1, -0.05) is 11.3 Å². The summed E-state index contributed by atoms with van der Waals surface area (Å²) in [5.74, 6) is -1.23. The lowest BCUT2D eigenvalue weighted by Gasteiger charge is -2.38. The molecule has 8 heteroatoms. The van der Waals surface area contributed by atoms with Crippen molar-refractivity contribution in [1.82, 2.24) is 14.8 Å². The largest absolute Gasteiger partial charge is 0.346 e. The summed E-state index contributed by atoms with van der Waals surface area (Å²) in [7, 11) is 5.25. The fourth-order valence-electron chi connectivity index (χ4n) is 3.00. The normalized spacial score (nSPS) is 18.0. The summed E-state index contributed by atoms with van der Waals surface area (Å²) in [4.78, 5) is 21.8. The monoisotopic (exact) mass is 354 g/mol. The third kappa shape index (κ3) is 3.15. The summed E-state index contributed by atoms with van der Waals surface area (Å²) in [5, 5.41) is 0.671. The molecule has 1 aromatic carbocycles. The van der Waals surface area contributed by atoms with Crippen molar-refractivity contribution in [3.05, 3.63) is 23.8 Å². The number of benzene rings is 1. The van der Waals surface area contributed by atoms with Crippen LogP contribution in [0.15, 0.2) is 12.1 Å². The Balaban J connectivity index is 1.82. The van der Waals surface area contributed by atoms with Crippen molar-refractivity contribution >= 4 is 32.7 Å². The number of aromatic nitrogens is 1. The molecule has 0 bridgehead atoms. The molecule has 1 aliphatic heterocycles. The summed E-state index contributed by atoms with van der Waals surface area (Å²) in [6.07, 6.45) is 1.84. The first-order chi connectivity index (χ1) is 11.4. The van der Waals surface area contributed by atoms with Crippen molar-refractivity contribution < 1.29 is 13.6 Å². The Labute approximate surface area is 143 Å². The quantitative estimate of drug-likeness (QED) is 0.832. The highest BCUT2D eigenvalue weighted by molar-refractivity contribution is 7.22. The van der Waals surface area contributed by atoms with Crippen LogP contribution in [0.4, 0.5) is 18.7 Å². The number of carbonyl (C=O) groups is 1. The lowest BCUT2D eigenvalue weighted by atomic mass is 10.1. The third-order valence-electron chi connectivity index (χ3n) is 4.30. The summed E-state index contributed by atoms with van der Waals surface area (Å²) >= 11 is 1.28. The van der Waals surface area contributed by atoms with Gasteiger partial charge in [0.25, 0.3) is 0 Å². The number of rotatable bonds is 2. The highest BCUT2D eigenvalue weighted by atomic mass is 32.1. The van der Waals surface area contributed by atoms with Crippen LogP contribution in [0, 0.1) is 11.6 Å². The molecule has 0 aliphatic carbocycles. The van der Waals surface area contributed by atoms with E-state index >= 15 is 0 Å². The molecule has 24 heavy (non-hydrogen) atoms. The predicted molar refractivity (Wildman–Crippen MR) is 91.6 cm³/mol. The van der Waals surface area contributed by atoms with Gasteiger partial charge in [0.1, 0.15) is 11.3 Å². The van der Waals surface area contributed by atoms with Gasteiger partial charge in [0.05, 0.1) is 10.7 Å². The molecular weight excluding hydrogens is 334 g/mol. The van der Waals surface area contributed by atoms with Crippen LogP contribution in [-0.4, -0.2) is 61.1 Å². The van der Waals surface area contributed by atoms with Crippen LogP contribution in [0.2, 0.25) is 0 Å². The van der Waals surface area contributed by atoms with Crippen LogP contribution in [0.3, 0.4) is 0 Å². The first-order valence-electron chi connectivity index (χ1n) is 7.81. The minimum atomic E-state index is -0.638. The molecule has 0 radical (unpaired) electrons. The molecule has 2 heterocycles. The van der Waals surface area contributed by atoms with Crippen molar-refractivity contribution in [3.63, 3.8) is 0 Å². The summed E-state index contributed by atoms with van der Waals surface area (Å²) in [6.45, 7) is 1.43. The van der Waals surface area contributed by atoms with Crippen LogP contribution in [0.25, 0.3) is 10.2 Å². The number of hydrogen-bond acceptors (Lipinski definition) is 4. The van der Waals surface area contributed by atoms with Crippen molar-refractivity contribution in [1.29, 1.82) is 0 Å². The molecule has 1 saturated heterocycles. The van der Waals surface area contributed by atoms with E-state index < -0.39 is 11.6 Å². The Bertz CT molecular complexity index is 764. The molecule has 5 nitrogen and oxygen atoms in total. The lowest BCUT2D eigenvalue weighted by Crippen LogP contribution is -2.51. The molecule has 2 aromatic rings. The molecule has 1 fully saturated rings. The van der Waals surface area contributed by atoms with Crippen LogP contribution in [-0.2, 0) is 0 Å². The highest BCUT2D eigenvalue weighted by Gasteiger charge is 2.28. The van der Waals surface area contributed by atoms with E-state index in [4.69, 9.17) is 0 Å². The zero-order valence-electron chi connectivity index (χ0n) is 13.9. The highest BCUT2D eigenvalue weighted by Crippen LogP contribution is 2.33. The Kier molecular flexibility index (Phi) is 4.58. The SMILES string of the molecule is CN(C)C(=O)N(C)C1CCCN(c2nc3c(F)cc(F)cc3s2)C1. The number of urea groups is 1. The molecule has 1 atom stereocenters. The topological polar surface area (TPSA) is 39.7 Å². The third-order valence-corrected chi connectivity index (χ3v) is 5.36. The van der Waals surface area contributed by atoms with E-state index in [9.17, 15) is 13.6 Å². The van der Waals surface area contributed by atoms with Crippen molar-refractivity contribution in [3.8, 4) is 0 Å². The zero-order valence-corrected chi connectivity index (χ0v) is 14.7. The van der Waals surface area contributed by atoms with Crippen LogP contribution < -0.4 is 4.90 Å². The fourth-order valence-corrected chi connectivity index (χ4v) is 4.04. The van der Waals surface area contributed by atoms with Crippen LogP contribution in [0.5, 0.6) is 0 Å². The van der Waals surface area contributed by atoms with Gasteiger partial charge in [0, 0.05) is 40.3 Å². The maximum atomic E-state index is 13.9. The van der Waals surface area contributed by atoms with Gasteiger partial charge in [-0.25, -0.2) is 18.6 Å². The molecular formula is C16H20F2N4OS. The number of piperidine rings is 1. The van der Waals surface area contributed by atoms with Gasteiger partial charge in [-0.3, -0.25) is 0 Å².